The minimum absolute atomic E-state index is 0.265. The standard InChI is InChI=1S/C13H23NO3/c15-8-12-3-1-5-14(7-12)9-13(10-16)4-2-6-17-11-13/h10,12,15H,1-9,11H2. The molecule has 17 heavy (non-hydrogen) atoms. The first-order chi connectivity index (χ1) is 8.28. The Hall–Kier alpha value is -0.450. The van der Waals surface area contributed by atoms with Gasteiger partial charge in [-0.2, -0.15) is 0 Å². The molecule has 2 heterocycles. The number of aliphatic hydroxyl groups excluding tert-OH is 1. The Labute approximate surface area is 103 Å². The van der Waals surface area contributed by atoms with E-state index in [1.165, 1.54) is 0 Å². The molecule has 0 aliphatic carbocycles. The van der Waals surface area contributed by atoms with Gasteiger partial charge in [0.1, 0.15) is 6.29 Å². The van der Waals surface area contributed by atoms with E-state index in [1.807, 2.05) is 0 Å². The van der Waals surface area contributed by atoms with Gasteiger partial charge < -0.3 is 19.5 Å². The Balaban J connectivity index is 1.91. The molecule has 2 atom stereocenters. The Morgan fingerprint density at radius 2 is 2.35 bits per heavy atom. The lowest BCUT2D eigenvalue weighted by atomic mass is 9.82. The summed E-state index contributed by atoms with van der Waals surface area (Å²) in [6.07, 6.45) is 5.25. The number of ether oxygens (including phenoxy) is 1. The van der Waals surface area contributed by atoms with Crippen LogP contribution in [0.3, 0.4) is 0 Å². The molecule has 1 N–H and O–H groups in total. The number of carbonyl (C=O) groups is 1. The summed E-state index contributed by atoms with van der Waals surface area (Å²) in [6.45, 7) is 4.39. The van der Waals surface area contributed by atoms with Crippen LogP contribution in [0.4, 0.5) is 0 Å². The first kappa shape index (κ1) is 13.0. The van der Waals surface area contributed by atoms with Gasteiger partial charge in [-0.15, -0.1) is 0 Å². The van der Waals surface area contributed by atoms with Crippen molar-refractivity contribution in [3.63, 3.8) is 0 Å². The van der Waals surface area contributed by atoms with Crippen molar-refractivity contribution >= 4 is 6.29 Å². The molecule has 0 radical (unpaired) electrons. The third kappa shape index (κ3) is 3.27. The number of carbonyl (C=O) groups excluding carboxylic acids is 1. The molecule has 0 bridgehead atoms. The van der Waals surface area contributed by atoms with Crippen molar-refractivity contribution < 1.29 is 14.6 Å². The summed E-state index contributed by atoms with van der Waals surface area (Å²) in [5, 5.41) is 9.22. The Morgan fingerprint density at radius 1 is 1.47 bits per heavy atom. The predicted octanol–water partition coefficient (Wildman–Crippen LogP) is 0.686. The monoisotopic (exact) mass is 241 g/mol. The fraction of sp³-hybridized carbons (Fsp3) is 0.923. The molecule has 2 unspecified atom stereocenters. The first-order valence-corrected chi connectivity index (χ1v) is 6.65. The second kappa shape index (κ2) is 5.94. The van der Waals surface area contributed by atoms with E-state index >= 15 is 0 Å². The number of likely N-dealkylation sites (tertiary alicyclic amines) is 1. The van der Waals surface area contributed by atoms with Crippen molar-refractivity contribution in [2.24, 2.45) is 11.3 Å². The topological polar surface area (TPSA) is 49.8 Å². The van der Waals surface area contributed by atoms with Crippen molar-refractivity contribution in [1.82, 2.24) is 4.90 Å². The zero-order chi connectivity index (χ0) is 12.1. The second-order valence-corrected chi connectivity index (χ2v) is 5.56. The van der Waals surface area contributed by atoms with Gasteiger partial charge in [0, 0.05) is 26.3 Å². The maximum Gasteiger partial charge on any atom is 0.129 e. The number of aldehydes is 1. The van der Waals surface area contributed by atoms with Gasteiger partial charge in [0.05, 0.1) is 12.0 Å². The van der Waals surface area contributed by atoms with Crippen LogP contribution in [0.25, 0.3) is 0 Å². The highest BCUT2D eigenvalue weighted by Crippen LogP contribution is 2.29. The van der Waals surface area contributed by atoms with Gasteiger partial charge in [-0.3, -0.25) is 0 Å². The van der Waals surface area contributed by atoms with Gasteiger partial charge in [-0.05, 0) is 38.1 Å². The quantitative estimate of drug-likeness (QED) is 0.736. The number of aliphatic hydroxyl groups is 1. The molecule has 2 fully saturated rings. The van der Waals surface area contributed by atoms with E-state index in [1.54, 1.807) is 0 Å². The lowest BCUT2D eigenvalue weighted by molar-refractivity contribution is -0.126. The van der Waals surface area contributed by atoms with Crippen molar-refractivity contribution in [2.75, 3.05) is 39.5 Å². The van der Waals surface area contributed by atoms with Gasteiger partial charge in [-0.1, -0.05) is 0 Å². The van der Waals surface area contributed by atoms with Crippen molar-refractivity contribution in [3.05, 3.63) is 0 Å². The Morgan fingerprint density at radius 3 is 3.00 bits per heavy atom. The molecule has 0 aromatic rings. The van der Waals surface area contributed by atoms with Gasteiger partial charge in [0.2, 0.25) is 0 Å². The van der Waals surface area contributed by atoms with Crippen LogP contribution in [0.2, 0.25) is 0 Å². The number of nitrogens with zero attached hydrogens (tertiary/aromatic N) is 1. The highest BCUT2D eigenvalue weighted by atomic mass is 16.5. The van der Waals surface area contributed by atoms with Crippen LogP contribution in [-0.4, -0.2) is 55.7 Å². The molecule has 4 heteroatoms. The van der Waals surface area contributed by atoms with E-state index in [4.69, 9.17) is 4.74 Å². The summed E-state index contributed by atoms with van der Waals surface area (Å²) in [5.74, 6) is 0.386. The summed E-state index contributed by atoms with van der Waals surface area (Å²) >= 11 is 0. The van der Waals surface area contributed by atoms with Crippen LogP contribution in [0.15, 0.2) is 0 Å². The number of hydrogen-bond donors (Lipinski definition) is 1. The van der Waals surface area contributed by atoms with Gasteiger partial charge >= 0.3 is 0 Å². The third-order valence-electron chi connectivity index (χ3n) is 4.00. The molecule has 0 spiro atoms. The van der Waals surface area contributed by atoms with Crippen LogP contribution < -0.4 is 0 Å². The Kier molecular flexibility index (Phi) is 4.54. The Bertz CT molecular complexity index is 251. The zero-order valence-corrected chi connectivity index (χ0v) is 10.4. The number of rotatable bonds is 4. The molecule has 0 aromatic carbocycles. The van der Waals surface area contributed by atoms with Crippen LogP contribution in [0, 0.1) is 11.3 Å². The predicted molar refractivity (Wildman–Crippen MR) is 64.8 cm³/mol. The molecule has 0 amide bonds. The highest BCUT2D eigenvalue weighted by Gasteiger charge is 2.35. The average molecular weight is 241 g/mol. The minimum Gasteiger partial charge on any atom is -0.396 e. The maximum atomic E-state index is 11.4. The van der Waals surface area contributed by atoms with Crippen molar-refractivity contribution in [3.8, 4) is 0 Å². The summed E-state index contributed by atoms with van der Waals surface area (Å²) in [5.41, 5.74) is -0.296. The van der Waals surface area contributed by atoms with E-state index in [-0.39, 0.29) is 12.0 Å². The fourth-order valence-electron chi connectivity index (χ4n) is 3.02. The van der Waals surface area contributed by atoms with Crippen LogP contribution in [-0.2, 0) is 9.53 Å². The van der Waals surface area contributed by atoms with Gasteiger partial charge in [0.15, 0.2) is 0 Å². The normalized spacial score (nSPS) is 35.7. The lowest BCUT2D eigenvalue weighted by Gasteiger charge is -2.40. The average Bonchev–Trinajstić information content (AvgIpc) is 2.40. The summed E-state index contributed by atoms with van der Waals surface area (Å²) in [6, 6.07) is 0. The van der Waals surface area contributed by atoms with Gasteiger partial charge in [-0.25, -0.2) is 0 Å². The van der Waals surface area contributed by atoms with Crippen LogP contribution in [0.5, 0.6) is 0 Å². The molecule has 4 nitrogen and oxygen atoms in total. The largest absolute Gasteiger partial charge is 0.396 e. The molecule has 2 aliphatic heterocycles. The fourth-order valence-corrected chi connectivity index (χ4v) is 3.02. The molecular formula is C13H23NO3. The minimum atomic E-state index is -0.296. The first-order valence-electron chi connectivity index (χ1n) is 6.65. The molecule has 2 saturated heterocycles. The van der Waals surface area contributed by atoms with Crippen molar-refractivity contribution in [2.45, 2.75) is 25.7 Å². The summed E-state index contributed by atoms with van der Waals surface area (Å²) in [4.78, 5) is 13.7. The van der Waals surface area contributed by atoms with Crippen molar-refractivity contribution in [1.29, 1.82) is 0 Å². The van der Waals surface area contributed by atoms with E-state index < -0.39 is 0 Å². The lowest BCUT2D eigenvalue weighted by Crippen LogP contribution is -2.47. The highest BCUT2D eigenvalue weighted by molar-refractivity contribution is 5.60. The molecular weight excluding hydrogens is 218 g/mol. The molecule has 98 valence electrons. The van der Waals surface area contributed by atoms with E-state index in [2.05, 4.69) is 4.90 Å². The van der Waals surface area contributed by atoms with Gasteiger partial charge in [0.25, 0.3) is 0 Å². The zero-order valence-electron chi connectivity index (χ0n) is 10.4. The number of piperidine rings is 1. The number of hydrogen-bond acceptors (Lipinski definition) is 4. The smallest absolute Gasteiger partial charge is 0.129 e. The SMILES string of the molecule is O=CC1(CN2CCCC(CO)C2)CCCOC1. The summed E-state index contributed by atoms with van der Waals surface area (Å²) in [7, 11) is 0. The molecule has 0 saturated carbocycles. The van der Waals surface area contributed by atoms with Crippen LogP contribution >= 0.6 is 0 Å². The van der Waals surface area contributed by atoms with E-state index in [0.29, 0.717) is 12.5 Å². The molecule has 2 rings (SSSR count). The molecule has 2 aliphatic rings. The maximum absolute atomic E-state index is 11.4. The second-order valence-electron chi connectivity index (χ2n) is 5.56. The summed E-state index contributed by atoms with van der Waals surface area (Å²) < 4.78 is 5.46. The third-order valence-corrected chi connectivity index (χ3v) is 4.00. The van der Waals surface area contributed by atoms with E-state index in [0.717, 1.165) is 58.2 Å². The molecule has 0 aromatic heterocycles. The van der Waals surface area contributed by atoms with E-state index in [9.17, 15) is 9.90 Å². The van der Waals surface area contributed by atoms with Crippen LogP contribution in [0.1, 0.15) is 25.7 Å².